The van der Waals surface area contributed by atoms with E-state index in [0.717, 1.165) is 41.8 Å². The third kappa shape index (κ3) is 7.08. The van der Waals surface area contributed by atoms with E-state index in [2.05, 4.69) is 29.2 Å². The number of pyridine rings is 1. The van der Waals surface area contributed by atoms with Gasteiger partial charge in [0.1, 0.15) is 39.9 Å². The number of carbonyl (C=O) groups is 3. The molecule has 3 N–H and O–H groups in total. The number of rotatable bonds is 8. The van der Waals surface area contributed by atoms with E-state index in [-0.39, 0.29) is 31.2 Å². The second-order valence-electron chi connectivity index (χ2n) is 14.9. The molecule has 15 heteroatoms. The smallest absolute Gasteiger partial charge is 0.318 e. The number of hydrogen-bond acceptors (Lipinski definition) is 10. The van der Waals surface area contributed by atoms with E-state index in [1.165, 1.54) is 16.2 Å². The molecule has 0 radical (unpaired) electrons. The van der Waals surface area contributed by atoms with E-state index in [9.17, 15) is 22.8 Å². The number of urea groups is 1. The average molecular weight is 751 g/mol. The monoisotopic (exact) mass is 750 g/mol. The van der Waals surface area contributed by atoms with Crippen molar-refractivity contribution in [2.45, 2.75) is 100 Å². The number of aromatic nitrogens is 2. The fourth-order valence-electron chi connectivity index (χ4n) is 6.90. The summed E-state index contributed by atoms with van der Waals surface area (Å²) in [5.41, 5.74) is 0.802. The summed E-state index contributed by atoms with van der Waals surface area (Å²) in [6.45, 7) is 6.35. The number of thiazole rings is 1. The largest absolute Gasteiger partial charge is 0.497 e. The zero-order valence-corrected chi connectivity index (χ0v) is 31.6. The van der Waals surface area contributed by atoms with E-state index >= 15 is 0 Å². The Balaban J connectivity index is 1.18. The van der Waals surface area contributed by atoms with Gasteiger partial charge < -0.3 is 25.0 Å². The van der Waals surface area contributed by atoms with Crippen molar-refractivity contribution in [1.29, 1.82) is 0 Å². The third-order valence-corrected chi connectivity index (χ3v) is 13.8. The van der Waals surface area contributed by atoms with E-state index < -0.39 is 50.3 Å². The van der Waals surface area contributed by atoms with E-state index in [1.807, 2.05) is 41.8 Å². The van der Waals surface area contributed by atoms with Gasteiger partial charge in [-0.25, -0.2) is 23.2 Å². The molecule has 13 nitrogen and oxygen atoms in total. The van der Waals surface area contributed by atoms with Crippen molar-refractivity contribution < 1.29 is 32.3 Å². The summed E-state index contributed by atoms with van der Waals surface area (Å²) in [5, 5.41) is 9.38. The van der Waals surface area contributed by atoms with Crippen LogP contribution < -0.4 is 24.8 Å². The second-order valence-corrected chi connectivity index (χ2v) is 18.0. The second kappa shape index (κ2) is 14.0. The van der Waals surface area contributed by atoms with Crippen LogP contribution >= 0.6 is 11.3 Å². The lowest BCUT2D eigenvalue weighted by Gasteiger charge is -2.27. The molecular formula is C37H46N6O7S2. The van der Waals surface area contributed by atoms with Crippen LogP contribution in [-0.4, -0.2) is 83.8 Å². The van der Waals surface area contributed by atoms with Crippen LogP contribution in [0.25, 0.3) is 21.6 Å². The molecule has 1 aromatic carbocycles. The SMILES string of the molecule is COc1ccc2c(OC3CC4C(=O)NC5(C(=O)NS(=O)(=O)C6(C)CC6)CC5/C=C\CCCCCNC(=O)N4C3)cc(-c3nc(C(C)C)cs3)nc2c1. The van der Waals surface area contributed by atoms with Crippen molar-refractivity contribution in [1.82, 2.24) is 30.2 Å². The fourth-order valence-corrected chi connectivity index (χ4v) is 9.15. The number of nitrogens with one attached hydrogen (secondary N) is 3. The Morgan fingerprint density at radius 1 is 1.13 bits per heavy atom. The Bertz CT molecular complexity index is 2030. The standard InChI is InChI=1S/C37H46N6O7S2/c1-22(2)29-21-51-33(40-29)28-18-31(26-12-11-24(49-4)16-27(26)39-28)50-25-17-30-32(44)41-37(34(45)42-52(47,48)36(3)13-14-36)19-23(37)10-8-6-5-7-9-15-38-35(46)43(30)20-25/h8,10-12,16,18,21-23,25,30H,5-7,9,13-15,17,19-20H2,1-4H3,(H,38,46)(H,41,44)(H,42,45)/b10-8-. The lowest BCUT2D eigenvalue weighted by molar-refractivity contribution is -0.131. The Morgan fingerprint density at radius 3 is 2.67 bits per heavy atom. The van der Waals surface area contributed by atoms with Gasteiger partial charge in [-0.15, -0.1) is 11.3 Å². The van der Waals surface area contributed by atoms with E-state index in [0.29, 0.717) is 42.1 Å². The quantitative estimate of drug-likeness (QED) is 0.268. The van der Waals surface area contributed by atoms with Gasteiger partial charge in [0, 0.05) is 41.8 Å². The van der Waals surface area contributed by atoms with Gasteiger partial charge in [-0.05, 0) is 63.5 Å². The maximum atomic E-state index is 14.2. The van der Waals surface area contributed by atoms with Crippen molar-refractivity contribution in [3.63, 3.8) is 0 Å². The molecule has 1 saturated heterocycles. The Kier molecular flexibility index (Phi) is 9.70. The average Bonchev–Trinajstić information content (AvgIpc) is 3.88. The number of hydrogen-bond donors (Lipinski definition) is 3. The zero-order valence-electron chi connectivity index (χ0n) is 29.9. The molecule has 3 aromatic rings. The van der Waals surface area contributed by atoms with Gasteiger partial charge in [0.25, 0.3) is 5.91 Å². The molecule has 278 valence electrons. The molecular weight excluding hydrogens is 705 g/mol. The number of methoxy groups -OCH3 is 1. The van der Waals surface area contributed by atoms with Gasteiger partial charge in [-0.1, -0.05) is 32.4 Å². The molecule has 2 saturated carbocycles. The highest BCUT2D eigenvalue weighted by molar-refractivity contribution is 7.91. The Labute approximate surface area is 308 Å². The summed E-state index contributed by atoms with van der Waals surface area (Å²) in [6, 6.07) is 6.00. The van der Waals surface area contributed by atoms with E-state index in [1.54, 1.807) is 14.0 Å². The van der Waals surface area contributed by atoms with Crippen molar-refractivity contribution in [2.24, 2.45) is 5.92 Å². The molecule has 4 atom stereocenters. The van der Waals surface area contributed by atoms with Gasteiger partial charge in [0.2, 0.25) is 15.9 Å². The van der Waals surface area contributed by atoms with Crippen molar-refractivity contribution in [2.75, 3.05) is 20.2 Å². The highest BCUT2D eigenvalue weighted by Gasteiger charge is 2.63. The van der Waals surface area contributed by atoms with Crippen LogP contribution in [0.15, 0.2) is 41.8 Å². The van der Waals surface area contributed by atoms with E-state index in [4.69, 9.17) is 19.4 Å². The first-order valence-corrected chi connectivity index (χ1v) is 20.4. The predicted octanol–water partition coefficient (Wildman–Crippen LogP) is 5.03. The molecule has 2 aliphatic carbocycles. The summed E-state index contributed by atoms with van der Waals surface area (Å²) in [4.78, 5) is 52.7. The van der Waals surface area contributed by atoms with Crippen LogP contribution in [0.1, 0.15) is 83.7 Å². The van der Waals surface area contributed by atoms with Gasteiger partial charge in [-0.2, -0.15) is 0 Å². The lowest BCUT2D eigenvalue weighted by atomic mass is 10.1. The number of nitrogens with zero attached hydrogens (tertiary/aromatic N) is 3. The number of benzene rings is 1. The molecule has 2 aromatic heterocycles. The van der Waals surface area contributed by atoms with Crippen molar-refractivity contribution in [3.05, 3.63) is 47.5 Å². The summed E-state index contributed by atoms with van der Waals surface area (Å²) >= 11 is 1.50. The maximum Gasteiger partial charge on any atom is 0.318 e. The molecule has 4 amide bonds. The van der Waals surface area contributed by atoms with Gasteiger partial charge in [0.05, 0.1) is 29.6 Å². The lowest BCUT2D eigenvalue weighted by Crippen LogP contribution is -2.57. The highest BCUT2D eigenvalue weighted by Crippen LogP contribution is 2.47. The molecule has 0 bridgehead atoms. The first kappa shape index (κ1) is 36.1. The summed E-state index contributed by atoms with van der Waals surface area (Å²) in [7, 11) is -2.34. The Morgan fingerprint density at radius 2 is 1.94 bits per heavy atom. The molecule has 0 spiro atoms. The van der Waals surface area contributed by atoms with Crippen molar-refractivity contribution >= 4 is 50.1 Å². The van der Waals surface area contributed by atoms with Crippen molar-refractivity contribution in [3.8, 4) is 22.2 Å². The third-order valence-electron chi connectivity index (χ3n) is 10.7. The molecule has 4 heterocycles. The molecule has 4 aliphatic rings. The van der Waals surface area contributed by atoms with Crippen LogP contribution in [0.4, 0.5) is 4.79 Å². The number of carbonyl (C=O) groups excluding carboxylic acids is 3. The maximum absolute atomic E-state index is 14.2. The minimum Gasteiger partial charge on any atom is -0.497 e. The topological polar surface area (TPSA) is 169 Å². The first-order chi connectivity index (χ1) is 24.8. The summed E-state index contributed by atoms with van der Waals surface area (Å²) < 4.78 is 39.6. The first-order valence-electron chi connectivity index (χ1n) is 18.0. The zero-order chi connectivity index (χ0) is 36.8. The fraction of sp³-hybridized carbons (Fsp3) is 0.541. The van der Waals surface area contributed by atoms with Crippen LogP contribution in [0.3, 0.4) is 0 Å². The molecule has 7 rings (SSSR count). The Hall–Kier alpha value is -4.24. The van der Waals surface area contributed by atoms with Gasteiger partial charge in [-0.3, -0.25) is 14.3 Å². The van der Waals surface area contributed by atoms with Crippen LogP contribution in [0.5, 0.6) is 11.5 Å². The normalized spacial score (nSPS) is 26.6. The van der Waals surface area contributed by atoms with Crippen LogP contribution in [0.2, 0.25) is 0 Å². The molecule has 3 fully saturated rings. The number of allylic oxidation sites excluding steroid dienone is 1. The highest BCUT2D eigenvalue weighted by atomic mass is 32.2. The van der Waals surface area contributed by atoms with Gasteiger partial charge in [0.15, 0.2) is 0 Å². The van der Waals surface area contributed by atoms with Crippen LogP contribution in [-0.2, 0) is 19.6 Å². The number of fused-ring (bicyclic) bond motifs is 3. The van der Waals surface area contributed by atoms with Gasteiger partial charge >= 0.3 is 6.03 Å². The number of sulfonamides is 1. The molecule has 52 heavy (non-hydrogen) atoms. The molecule has 2 aliphatic heterocycles. The number of ether oxygens (including phenoxy) is 2. The van der Waals surface area contributed by atoms with Crippen LogP contribution in [0, 0.1) is 5.92 Å². The molecule has 4 unspecified atom stereocenters. The predicted molar refractivity (Wildman–Crippen MR) is 198 cm³/mol. The summed E-state index contributed by atoms with van der Waals surface area (Å²) in [6.07, 6.45) is 8.00. The summed E-state index contributed by atoms with van der Waals surface area (Å²) in [5.74, 6) is -0.244. The number of amides is 4. The minimum atomic E-state index is -3.94. The minimum absolute atomic E-state index is 0.114.